The second-order valence-corrected chi connectivity index (χ2v) is 4.69. The minimum absolute atomic E-state index is 0.00498. The van der Waals surface area contributed by atoms with Crippen LogP contribution in [0.15, 0.2) is 4.42 Å². The number of amides is 1. The van der Waals surface area contributed by atoms with Gasteiger partial charge in [0.05, 0.1) is 13.1 Å². The number of likely N-dealkylation sites (N-methyl/N-ethyl adjacent to an activating group) is 1. The van der Waals surface area contributed by atoms with Crippen LogP contribution in [0.1, 0.15) is 43.9 Å². The van der Waals surface area contributed by atoms with E-state index in [-0.39, 0.29) is 5.91 Å². The summed E-state index contributed by atoms with van der Waals surface area (Å²) in [4.78, 5) is 13.4. The number of hydrogen-bond donors (Lipinski definition) is 1. The van der Waals surface area contributed by atoms with Crippen molar-refractivity contribution in [1.82, 2.24) is 20.4 Å². The summed E-state index contributed by atoms with van der Waals surface area (Å²) in [6, 6.07) is 0. The van der Waals surface area contributed by atoms with E-state index in [1.807, 2.05) is 4.90 Å². The first-order valence-electron chi connectivity index (χ1n) is 6.48. The molecule has 1 saturated carbocycles. The third-order valence-corrected chi connectivity index (χ3v) is 2.95. The molecule has 2 rings (SSSR count). The van der Waals surface area contributed by atoms with E-state index in [9.17, 15) is 4.79 Å². The van der Waals surface area contributed by atoms with Crippen molar-refractivity contribution >= 4 is 5.91 Å². The van der Waals surface area contributed by atoms with E-state index in [1.54, 1.807) is 7.05 Å². The van der Waals surface area contributed by atoms with E-state index >= 15 is 0 Å². The molecular formula is C12H20N4O2. The van der Waals surface area contributed by atoms with Crippen molar-refractivity contribution in [2.45, 2.75) is 38.6 Å². The molecule has 1 N–H and O–H groups in total. The van der Waals surface area contributed by atoms with Crippen LogP contribution in [0.5, 0.6) is 0 Å². The Morgan fingerprint density at radius 1 is 1.50 bits per heavy atom. The summed E-state index contributed by atoms with van der Waals surface area (Å²) >= 11 is 0. The lowest BCUT2D eigenvalue weighted by molar-refractivity contribution is -0.121. The average molecular weight is 252 g/mol. The largest absolute Gasteiger partial charge is 0.424 e. The molecule has 0 bridgehead atoms. The fourth-order valence-corrected chi connectivity index (χ4v) is 1.83. The monoisotopic (exact) mass is 252 g/mol. The van der Waals surface area contributed by atoms with E-state index in [4.69, 9.17) is 4.42 Å². The highest BCUT2D eigenvalue weighted by atomic mass is 16.4. The lowest BCUT2D eigenvalue weighted by Crippen LogP contribution is -2.35. The number of carbonyl (C=O) groups excluding carboxylic acids is 1. The van der Waals surface area contributed by atoms with Gasteiger partial charge in [-0.15, -0.1) is 10.2 Å². The molecule has 0 unspecified atom stereocenters. The maximum Gasteiger partial charge on any atom is 0.233 e. The SMILES string of the molecule is CCCN(CC(=O)NC)Cc1nnc(C2CC2)o1. The van der Waals surface area contributed by atoms with Crippen molar-refractivity contribution < 1.29 is 9.21 Å². The fourth-order valence-electron chi connectivity index (χ4n) is 1.83. The molecule has 0 radical (unpaired) electrons. The minimum Gasteiger partial charge on any atom is -0.424 e. The Kier molecular flexibility index (Phi) is 4.30. The molecule has 1 aliphatic rings. The first-order valence-corrected chi connectivity index (χ1v) is 6.48. The number of hydrogen-bond acceptors (Lipinski definition) is 5. The second-order valence-electron chi connectivity index (χ2n) is 4.69. The van der Waals surface area contributed by atoms with Crippen LogP contribution in [-0.4, -0.2) is 41.1 Å². The van der Waals surface area contributed by atoms with Gasteiger partial charge in [0.15, 0.2) is 0 Å². The Bertz CT molecular complexity index is 401. The molecule has 18 heavy (non-hydrogen) atoms. The Morgan fingerprint density at radius 3 is 2.89 bits per heavy atom. The number of aromatic nitrogens is 2. The van der Waals surface area contributed by atoms with Gasteiger partial charge in [0.25, 0.3) is 0 Å². The summed E-state index contributed by atoms with van der Waals surface area (Å²) in [7, 11) is 1.64. The molecule has 1 aromatic rings. The molecule has 0 spiro atoms. The van der Waals surface area contributed by atoms with Crippen LogP contribution in [0, 0.1) is 0 Å². The van der Waals surface area contributed by atoms with Crippen LogP contribution in [0.25, 0.3) is 0 Å². The molecule has 0 aromatic carbocycles. The lowest BCUT2D eigenvalue weighted by atomic mass is 10.4. The number of rotatable bonds is 7. The average Bonchev–Trinajstić information content (AvgIpc) is 3.11. The molecule has 1 heterocycles. The van der Waals surface area contributed by atoms with Crippen LogP contribution < -0.4 is 5.32 Å². The molecule has 0 aliphatic heterocycles. The summed E-state index contributed by atoms with van der Waals surface area (Å²) in [5, 5.41) is 10.7. The normalized spacial score (nSPS) is 15.1. The van der Waals surface area contributed by atoms with Gasteiger partial charge >= 0.3 is 0 Å². The summed E-state index contributed by atoms with van der Waals surface area (Å²) in [6.45, 7) is 3.83. The smallest absolute Gasteiger partial charge is 0.233 e. The predicted octanol–water partition coefficient (Wildman–Crippen LogP) is 0.905. The predicted molar refractivity (Wildman–Crippen MR) is 65.9 cm³/mol. The standard InChI is InChI=1S/C12H20N4O2/c1-3-6-16(7-10(17)13-2)8-11-14-15-12(18-11)9-4-5-9/h9H,3-8H2,1-2H3,(H,13,17). The highest BCUT2D eigenvalue weighted by molar-refractivity contribution is 5.77. The Labute approximate surface area is 107 Å². The van der Waals surface area contributed by atoms with Crippen molar-refractivity contribution in [1.29, 1.82) is 0 Å². The molecule has 1 aliphatic carbocycles. The third-order valence-electron chi connectivity index (χ3n) is 2.95. The van der Waals surface area contributed by atoms with Gasteiger partial charge < -0.3 is 9.73 Å². The summed E-state index contributed by atoms with van der Waals surface area (Å²) < 4.78 is 5.60. The maximum atomic E-state index is 11.4. The molecule has 1 fully saturated rings. The molecular weight excluding hydrogens is 232 g/mol. The molecule has 0 saturated heterocycles. The Morgan fingerprint density at radius 2 is 2.28 bits per heavy atom. The topological polar surface area (TPSA) is 71.3 Å². The van der Waals surface area contributed by atoms with Crippen molar-refractivity contribution in [3.63, 3.8) is 0 Å². The van der Waals surface area contributed by atoms with Crippen molar-refractivity contribution in [2.24, 2.45) is 0 Å². The molecule has 1 aromatic heterocycles. The molecule has 0 atom stereocenters. The fraction of sp³-hybridized carbons (Fsp3) is 0.750. The van der Waals surface area contributed by atoms with Gasteiger partial charge in [0.2, 0.25) is 17.7 Å². The zero-order valence-corrected chi connectivity index (χ0v) is 11.0. The van der Waals surface area contributed by atoms with Crippen LogP contribution in [0.2, 0.25) is 0 Å². The van der Waals surface area contributed by atoms with E-state index in [1.165, 1.54) is 0 Å². The van der Waals surface area contributed by atoms with Crippen LogP contribution >= 0.6 is 0 Å². The Balaban J connectivity index is 1.91. The zero-order valence-electron chi connectivity index (χ0n) is 11.0. The van der Waals surface area contributed by atoms with Crippen LogP contribution in [0.4, 0.5) is 0 Å². The molecule has 6 nitrogen and oxygen atoms in total. The van der Waals surface area contributed by atoms with Crippen LogP contribution in [-0.2, 0) is 11.3 Å². The summed E-state index contributed by atoms with van der Waals surface area (Å²) in [5.41, 5.74) is 0. The number of nitrogens with one attached hydrogen (secondary N) is 1. The first-order chi connectivity index (χ1) is 8.72. The van der Waals surface area contributed by atoms with Crippen molar-refractivity contribution in [2.75, 3.05) is 20.1 Å². The van der Waals surface area contributed by atoms with E-state index in [0.717, 1.165) is 31.7 Å². The Hall–Kier alpha value is -1.43. The molecule has 100 valence electrons. The lowest BCUT2D eigenvalue weighted by Gasteiger charge is -2.18. The molecule has 1 amide bonds. The quantitative estimate of drug-likeness (QED) is 0.781. The highest BCUT2D eigenvalue weighted by Crippen LogP contribution is 2.39. The van der Waals surface area contributed by atoms with Gasteiger partial charge in [-0.3, -0.25) is 9.69 Å². The van der Waals surface area contributed by atoms with Gasteiger partial charge in [-0.25, -0.2) is 0 Å². The first kappa shape index (κ1) is 13.0. The van der Waals surface area contributed by atoms with Gasteiger partial charge in [-0.05, 0) is 25.8 Å². The van der Waals surface area contributed by atoms with E-state index in [2.05, 4.69) is 22.4 Å². The highest BCUT2D eigenvalue weighted by Gasteiger charge is 2.29. The number of nitrogens with zero attached hydrogens (tertiary/aromatic N) is 3. The summed E-state index contributed by atoms with van der Waals surface area (Å²) in [6.07, 6.45) is 3.29. The van der Waals surface area contributed by atoms with E-state index in [0.29, 0.717) is 24.9 Å². The van der Waals surface area contributed by atoms with Gasteiger partial charge in [-0.1, -0.05) is 6.92 Å². The van der Waals surface area contributed by atoms with Crippen LogP contribution in [0.3, 0.4) is 0 Å². The van der Waals surface area contributed by atoms with Crippen molar-refractivity contribution in [3.05, 3.63) is 11.8 Å². The zero-order chi connectivity index (χ0) is 13.0. The van der Waals surface area contributed by atoms with Crippen molar-refractivity contribution in [3.8, 4) is 0 Å². The summed E-state index contributed by atoms with van der Waals surface area (Å²) in [5.74, 6) is 1.84. The van der Waals surface area contributed by atoms with Gasteiger partial charge in [0.1, 0.15) is 0 Å². The number of carbonyl (C=O) groups is 1. The molecule has 6 heteroatoms. The second kappa shape index (κ2) is 5.95. The van der Waals surface area contributed by atoms with Gasteiger partial charge in [0, 0.05) is 13.0 Å². The maximum absolute atomic E-state index is 11.4. The van der Waals surface area contributed by atoms with Gasteiger partial charge in [-0.2, -0.15) is 0 Å². The van der Waals surface area contributed by atoms with E-state index < -0.39 is 0 Å². The minimum atomic E-state index is 0.00498. The third kappa shape index (κ3) is 3.53.